The number of hydrogen-bond donors (Lipinski definition) is 0. The third-order valence-electron chi connectivity index (χ3n) is 10.8. The Labute approximate surface area is 284 Å². The van der Waals surface area contributed by atoms with Gasteiger partial charge in [0, 0.05) is 43.1 Å². The minimum absolute atomic E-state index is 0.0558. The Morgan fingerprint density at radius 3 is 2.47 bits per heavy atom. The number of hydrogen-bond acceptors (Lipinski definition) is 7. The summed E-state index contributed by atoms with van der Waals surface area (Å²) in [5.74, 6) is 0.593. The van der Waals surface area contributed by atoms with Gasteiger partial charge in [0.1, 0.15) is 5.60 Å². The monoisotopic (exact) mass is 670 g/mol. The number of fused-ring (bicyclic) bond motifs is 2. The van der Waals surface area contributed by atoms with Gasteiger partial charge in [-0.25, -0.2) is 9.48 Å². The number of halogens is 1. The molecule has 2 aromatic rings. The molecule has 2 unspecified atom stereocenters. The van der Waals surface area contributed by atoms with Crippen LogP contribution in [0, 0.1) is 5.92 Å². The molecule has 4 aliphatic heterocycles. The highest BCUT2D eigenvalue weighted by Crippen LogP contribution is 2.39. The summed E-state index contributed by atoms with van der Waals surface area (Å²) in [6.07, 6.45) is 9.11. The SMILES string of the molecule is CC(C)(C)OC(=O)N1CCC2CCN(C(=O)CCCCc3c(Cl)cc4c(cnn4C4CCCCO4)c3B3OC(C)(C)C(C)(C)O3)[C@H]2C1. The highest BCUT2D eigenvalue weighted by atomic mass is 35.5. The first-order chi connectivity index (χ1) is 22.1. The van der Waals surface area contributed by atoms with Crippen LogP contribution in [0.4, 0.5) is 4.79 Å². The Bertz CT molecular complexity index is 1470. The highest BCUT2D eigenvalue weighted by molar-refractivity contribution is 6.66. The van der Waals surface area contributed by atoms with Crippen molar-refractivity contribution in [1.82, 2.24) is 19.6 Å². The summed E-state index contributed by atoms with van der Waals surface area (Å²) in [5, 5.41) is 6.39. The van der Waals surface area contributed by atoms with Crippen molar-refractivity contribution in [3.05, 3.63) is 22.8 Å². The molecular weight excluding hydrogens is 619 g/mol. The molecule has 0 aliphatic carbocycles. The fourth-order valence-corrected chi connectivity index (χ4v) is 7.82. The number of likely N-dealkylation sites (tertiary alicyclic amines) is 2. The van der Waals surface area contributed by atoms with Gasteiger partial charge in [0.15, 0.2) is 6.23 Å². The lowest BCUT2D eigenvalue weighted by Gasteiger charge is -2.39. The normalized spacial score (nSPS) is 25.8. The van der Waals surface area contributed by atoms with E-state index < -0.39 is 23.9 Å². The maximum Gasteiger partial charge on any atom is 0.495 e. The van der Waals surface area contributed by atoms with Crippen LogP contribution in [0.15, 0.2) is 12.3 Å². The molecule has 2 amide bonds. The van der Waals surface area contributed by atoms with Crippen LogP contribution in [-0.2, 0) is 30.0 Å². The maximum atomic E-state index is 13.5. The van der Waals surface area contributed by atoms with Crippen molar-refractivity contribution in [2.24, 2.45) is 5.92 Å². The summed E-state index contributed by atoms with van der Waals surface area (Å²) >= 11 is 7.09. The van der Waals surface area contributed by atoms with Crippen LogP contribution in [0.2, 0.25) is 5.02 Å². The molecule has 4 saturated heterocycles. The number of rotatable bonds is 7. The second kappa shape index (κ2) is 13.2. The van der Waals surface area contributed by atoms with Gasteiger partial charge in [-0.2, -0.15) is 5.10 Å². The van der Waals surface area contributed by atoms with Gasteiger partial charge in [0.25, 0.3) is 0 Å². The molecule has 0 spiro atoms. The largest absolute Gasteiger partial charge is 0.495 e. The van der Waals surface area contributed by atoms with Crippen molar-refractivity contribution in [2.75, 3.05) is 26.2 Å². The molecule has 0 bridgehead atoms. The van der Waals surface area contributed by atoms with Crippen LogP contribution in [0.3, 0.4) is 0 Å². The molecular formula is C35H52BClN4O6. The van der Waals surface area contributed by atoms with E-state index in [-0.39, 0.29) is 24.3 Å². The molecule has 12 heteroatoms. The molecule has 4 fully saturated rings. The summed E-state index contributed by atoms with van der Waals surface area (Å²) < 4.78 is 26.8. The summed E-state index contributed by atoms with van der Waals surface area (Å²) in [5.41, 5.74) is 1.26. The van der Waals surface area contributed by atoms with Crippen molar-refractivity contribution in [1.29, 1.82) is 0 Å². The Morgan fingerprint density at radius 2 is 1.79 bits per heavy atom. The number of amides is 2. The Kier molecular flexibility index (Phi) is 9.68. The van der Waals surface area contributed by atoms with E-state index >= 15 is 0 Å². The van der Waals surface area contributed by atoms with E-state index in [1.807, 2.05) is 42.6 Å². The van der Waals surface area contributed by atoms with E-state index in [1.165, 1.54) is 0 Å². The molecule has 0 N–H and O–H groups in total. The smallest absolute Gasteiger partial charge is 0.444 e. The standard InChI is InChI=1S/C35H52BClN4O6/c1-33(2,3)45-32(43)39-17-15-23-16-18-40(28(23)22-39)29(42)13-9-8-12-24-26(37)20-27-25(21-38-41(27)30-14-10-11-19-44-30)31(24)36-46-34(4,5)35(6,7)47-36/h20-21,23,28,30H,8-19,22H2,1-7H3/t23?,28-,30?/m0/s1. The predicted molar refractivity (Wildman–Crippen MR) is 183 cm³/mol. The predicted octanol–water partition coefficient (Wildman–Crippen LogP) is 6.26. The van der Waals surface area contributed by atoms with Gasteiger partial charge in [-0.1, -0.05) is 11.6 Å². The molecule has 0 saturated carbocycles. The summed E-state index contributed by atoms with van der Waals surface area (Å²) in [7, 11) is -0.594. The lowest BCUT2D eigenvalue weighted by Crippen LogP contribution is -2.52. The number of carbonyl (C=O) groups excluding carboxylic acids is 2. The van der Waals surface area contributed by atoms with Crippen LogP contribution >= 0.6 is 11.6 Å². The first-order valence-electron chi connectivity index (χ1n) is 17.6. The van der Waals surface area contributed by atoms with Crippen LogP contribution in [0.5, 0.6) is 0 Å². The van der Waals surface area contributed by atoms with Crippen molar-refractivity contribution >= 4 is 47.1 Å². The Hall–Kier alpha value is -2.34. The first-order valence-corrected chi connectivity index (χ1v) is 18.0. The number of unbranched alkanes of at least 4 members (excludes halogenated alkanes) is 1. The topological polar surface area (TPSA) is 95.4 Å². The quantitative estimate of drug-likeness (QED) is 0.254. The van der Waals surface area contributed by atoms with Crippen molar-refractivity contribution in [3.8, 4) is 0 Å². The van der Waals surface area contributed by atoms with Gasteiger partial charge in [-0.3, -0.25) is 4.79 Å². The van der Waals surface area contributed by atoms with E-state index in [0.29, 0.717) is 36.9 Å². The molecule has 5 heterocycles. The third-order valence-corrected chi connectivity index (χ3v) is 11.2. The number of nitrogens with zero attached hydrogens (tertiary/aromatic N) is 4. The second-order valence-electron chi connectivity index (χ2n) is 15.8. The van der Waals surface area contributed by atoms with Crippen molar-refractivity contribution in [2.45, 2.75) is 135 Å². The minimum atomic E-state index is -0.594. The zero-order valence-electron chi connectivity index (χ0n) is 29.3. The van der Waals surface area contributed by atoms with Gasteiger partial charge < -0.3 is 28.6 Å². The zero-order chi connectivity index (χ0) is 33.7. The lowest BCUT2D eigenvalue weighted by atomic mass is 9.73. The van der Waals surface area contributed by atoms with Gasteiger partial charge in [0.2, 0.25) is 5.91 Å². The van der Waals surface area contributed by atoms with Crippen molar-refractivity contribution in [3.63, 3.8) is 0 Å². The van der Waals surface area contributed by atoms with Crippen LogP contribution in [-0.4, -0.2) is 87.8 Å². The van der Waals surface area contributed by atoms with E-state index in [9.17, 15) is 9.59 Å². The summed E-state index contributed by atoms with van der Waals surface area (Å²) in [6, 6.07) is 2.06. The zero-order valence-corrected chi connectivity index (χ0v) is 30.0. The van der Waals surface area contributed by atoms with Crippen LogP contribution < -0.4 is 5.46 Å². The molecule has 47 heavy (non-hydrogen) atoms. The second-order valence-corrected chi connectivity index (χ2v) is 16.2. The summed E-state index contributed by atoms with van der Waals surface area (Å²) in [6.45, 7) is 16.6. The van der Waals surface area contributed by atoms with Gasteiger partial charge in [0.05, 0.1) is 29.0 Å². The van der Waals surface area contributed by atoms with Crippen LogP contribution in [0.1, 0.15) is 112 Å². The van der Waals surface area contributed by atoms with Crippen molar-refractivity contribution < 1.29 is 28.4 Å². The fourth-order valence-electron chi connectivity index (χ4n) is 7.52. The fraction of sp³-hybridized carbons (Fsp3) is 0.743. The molecule has 10 nitrogen and oxygen atoms in total. The molecule has 258 valence electrons. The van der Waals surface area contributed by atoms with E-state index in [2.05, 4.69) is 27.7 Å². The first kappa shape index (κ1) is 34.5. The number of benzene rings is 1. The number of piperidine rings is 1. The number of aromatic nitrogens is 2. The molecule has 1 aromatic heterocycles. The summed E-state index contributed by atoms with van der Waals surface area (Å²) in [4.78, 5) is 30.1. The Morgan fingerprint density at radius 1 is 1.06 bits per heavy atom. The Balaban J connectivity index is 1.15. The molecule has 3 atom stereocenters. The molecule has 0 radical (unpaired) electrons. The van der Waals surface area contributed by atoms with Crippen LogP contribution in [0.25, 0.3) is 10.9 Å². The van der Waals surface area contributed by atoms with Gasteiger partial charge in [-0.15, -0.1) is 0 Å². The number of carbonyl (C=O) groups is 2. The van der Waals surface area contributed by atoms with E-state index in [0.717, 1.165) is 80.0 Å². The number of ether oxygens (including phenoxy) is 2. The van der Waals surface area contributed by atoms with Gasteiger partial charge >= 0.3 is 13.2 Å². The van der Waals surface area contributed by atoms with Gasteiger partial charge in [-0.05, 0) is 123 Å². The average Bonchev–Trinajstić information content (AvgIpc) is 3.67. The lowest BCUT2D eigenvalue weighted by molar-refractivity contribution is -0.133. The molecule has 1 aromatic carbocycles. The van der Waals surface area contributed by atoms with E-state index in [1.54, 1.807) is 4.90 Å². The minimum Gasteiger partial charge on any atom is -0.444 e. The molecule has 6 rings (SSSR count). The van der Waals surface area contributed by atoms with E-state index in [4.69, 9.17) is 35.5 Å². The maximum absolute atomic E-state index is 13.5. The molecule has 4 aliphatic rings. The highest BCUT2D eigenvalue weighted by Gasteiger charge is 2.53. The third kappa shape index (κ3) is 7.05. The average molecular weight is 671 g/mol.